The molecule has 0 bridgehead atoms. The van der Waals surface area contributed by atoms with Gasteiger partial charge in [0.05, 0.1) is 5.52 Å². The lowest BCUT2D eigenvalue weighted by atomic mass is 10.1. The maximum atomic E-state index is 13.1. The Bertz CT molecular complexity index is 995. The van der Waals surface area contributed by atoms with Crippen LogP contribution in [0.3, 0.4) is 0 Å². The zero-order valence-corrected chi connectivity index (χ0v) is 19.0. The highest BCUT2D eigenvalue weighted by molar-refractivity contribution is 9.10. The van der Waals surface area contributed by atoms with Gasteiger partial charge in [-0.25, -0.2) is 4.98 Å². The summed E-state index contributed by atoms with van der Waals surface area (Å²) in [5.74, 6) is 0.799. The van der Waals surface area contributed by atoms with Gasteiger partial charge in [0.25, 0.3) is 5.56 Å². The molecule has 0 radical (unpaired) electrons. The number of aromatic nitrogens is 2. The molecule has 1 aromatic carbocycles. The van der Waals surface area contributed by atoms with Gasteiger partial charge in [0, 0.05) is 16.8 Å². The van der Waals surface area contributed by atoms with Gasteiger partial charge in [0.2, 0.25) is 0 Å². The number of thiophene rings is 1. The number of likely N-dealkylation sites (tertiary alicyclic amines) is 1. The van der Waals surface area contributed by atoms with E-state index >= 15 is 0 Å². The minimum Gasteiger partial charge on any atom is -0.303 e. The highest BCUT2D eigenvalue weighted by Crippen LogP contribution is 2.25. The van der Waals surface area contributed by atoms with Crippen LogP contribution in [0, 0.1) is 0 Å². The summed E-state index contributed by atoms with van der Waals surface area (Å²) < 4.78 is 3.74. The Hall–Kier alpha value is -1.15. The molecular formula is C21H24BrN3OS2. The molecule has 0 unspecified atom stereocenters. The van der Waals surface area contributed by atoms with Crippen LogP contribution in [0.5, 0.6) is 0 Å². The second-order valence-corrected chi connectivity index (χ2v) is 9.93. The molecule has 0 amide bonds. The van der Waals surface area contributed by atoms with Crippen molar-refractivity contribution in [2.24, 2.45) is 0 Å². The van der Waals surface area contributed by atoms with Gasteiger partial charge >= 0.3 is 0 Å². The summed E-state index contributed by atoms with van der Waals surface area (Å²) in [5.41, 5.74) is 2.15. The van der Waals surface area contributed by atoms with E-state index in [1.165, 1.54) is 49.3 Å². The lowest BCUT2D eigenvalue weighted by molar-refractivity contribution is 0.221. The zero-order chi connectivity index (χ0) is 19.3. The molecule has 1 saturated heterocycles. The SMILES string of the molecule is O=c1c2sccc2nc(SCc2cccc(Br)c2)n1CCCN1CCCCC1. The van der Waals surface area contributed by atoms with Crippen molar-refractivity contribution in [1.82, 2.24) is 14.5 Å². The summed E-state index contributed by atoms with van der Waals surface area (Å²) in [5, 5.41) is 2.79. The molecule has 3 aromatic rings. The van der Waals surface area contributed by atoms with E-state index in [1.807, 2.05) is 28.1 Å². The van der Waals surface area contributed by atoms with E-state index in [4.69, 9.17) is 4.98 Å². The van der Waals surface area contributed by atoms with Crippen LogP contribution in [-0.2, 0) is 12.3 Å². The number of thioether (sulfide) groups is 1. The van der Waals surface area contributed by atoms with E-state index in [0.717, 1.165) is 45.1 Å². The Morgan fingerprint density at radius 1 is 1.14 bits per heavy atom. The van der Waals surface area contributed by atoms with Gasteiger partial charge in [0.15, 0.2) is 5.16 Å². The van der Waals surface area contributed by atoms with Crippen LogP contribution < -0.4 is 5.56 Å². The molecule has 3 heterocycles. The fourth-order valence-electron chi connectivity index (χ4n) is 3.64. The first-order valence-electron chi connectivity index (χ1n) is 9.78. The summed E-state index contributed by atoms with van der Waals surface area (Å²) in [7, 11) is 0. The molecule has 4 nitrogen and oxygen atoms in total. The summed E-state index contributed by atoms with van der Waals surface area (Å²) in [6.07, 6.45) is 4.95. The van der Waals surface area contributed by atoms with Gasteiger partial charge in [-0.15, -0.1) is 11.3 Å². The first kappa shape index (κ1) is 20.1. The summed E-state index contributed by atoms with van der Waals surface area (Å²) in [6.45, 7) is 4.19. The Labute approximate surface area is 182 Å². The van der Waals surface area contributed by atoms with Crippen LogP contribution in [0.15, 0.2) is 50.1 Å². The van der Waals surface area contributed by atoms with Crippen molar-refractivity contribution in [3.63, 3.8) is 0 Å². The van der Waals surface area contributed by atoms with E-state index in [-0.39, 0.29) is 5.56 Å². The number of benzene rings is 1. The maximum absolute atomic E-state index is 13.1. The largest absolute Gasteiger partial charge is 0.303 e. The van der Waals surface area contributed by atoms with E-state index in [9.17, 15) is 4.79 Å². The number of fused-ring (bicyclic) bond motifs is 1. The number of piperidine rings is 1. The van der Waals surface area contributed by atoms with Crippen molar-refractivity contribution in [2.45, 2.75) is 43.1 Å². The molecule has 2 aromatic heterocycles. The Morgan fingerprint density at radius 3 is 2.82 bits per heavy atom. The number of rotatable bonds is 7. The van der Waals surface area contributed by atoms with E-state index in [0.29, 0.717) is 0 Å². The number of halogens is 1. The van der Waals surface area contributed by atoms with Crippen molar-refractivity contribution in [2.75, 3.05) is 19.6 Å². The van der Waals surface area contributed by atoms with Gasteiger partial charge < -0.3 is 4.90 Å². The average Bonchev–Trinajstić information content (AvgIpc) is 3.18. The average molecular weight is 478 g/mol. The number of nitrogens with zero attached hydrogens (tertiary/aromatic N) is 3. The van der Waals surface area contributed by atoms with Crippen LogP contribution in [0.2, 0.25) is 0 Å². The third kappa shape index (κ3) is 4.87. The molecule has 1 aliphatic rings. The molecule has 1 aliphatic heterocycles. The van der Waals surface area contributed by atoms with Crippen molar-refractivity contribution < 1.29 is 0 Å². The van der Waals surface area contributed by atoms with Crippen LogP contribution in [0.1, 0.15) is 31.2 Å². The van der Waals surface area contributed by atoms with Crippen molar-refractivity contribution in [1.29, 1.82) is 0 Å². The quantitative estimate of drug-likeness (QED) is 0.337. The summed E-state index contributed by atoms with van der Waals surface area (Å²) in [4.78, 5) is 20.4. The van der Waals surface area contributed by atoms with E-state index in [2.05, 4.69) is 33.0 Å². The Kier molecular flexibility index (Phi) is 6.88. The van der Waals surface area contributed by atoms with E-state index < -0.39 is 0 Å². The fraction of sp³-hybridized carbons (Fsp3) is 0.429. The molecule has 4 rings (SSSR count). The Balaban J connectivity index is 1.51. The summed E-state index contributed by atoms with van der Waals surface area (Å²) in [6, 6.07) is 10.2. The van der Waals surface area contributed by atoms with Crippen molar-refractivity contribution in [3.05, 3.63) is 56.1 Å². The topological polar surface area (TPSA) is 38.1 Å². The fourth-order valence-corrected chi connectivity index (χ4v) is 5.83. The molecule has 28 heavy (non-hydrogen) atoms. The van der Waals surface area contributed by atoms with Crippen molar-refractivity contribution >= 4 is 49.2 Å². The van der Waals surface area contributed by atoms with Gasteiger partial charge in [0.1, 0.15) is 4.70 Å². The van der Waals surface area contributed by atoms with Gasteiger partial charge in [-0.05, 0) is 68.0 Å². The monoisotopic (exact) mass is 477 g/mol. The maximum Gasteiger partial charge on any atom is 0.272 e. The van der Waals surface area contributed by atoms with Crippen LogP contribution in [0.25, 0.3) is 10.2 Å². The first-order chi connectivity index (χ1) is 13.7. The lowest BCUT2D eigenvalue weighted by Gasteiger charge is -2.26. The minimum absolute atomic E-state index is 0.107. The molecule has 0 saturated carbocycles. The molecular weight excluding hydrogens is 454 g/mol. The molecule has 0 aliphatic carbocycles. The molecule has 148 valence electrons. The predicted molar refractivity (Wildman–Crippen MR) is 122 cm³/mol. The highest BCUT2D eigenvalue weighted by Gasteiger charge is 2.14. The number of hydrogen-bond donors (Lipinski definition) is 0. The molecule has 7 heteroatoms. The van der Waals surface area contributed by atoms with Crippen molar-refractivity contribution in [3.8, 4) is 0 Å². The van der Waals surface area contributed by atoms with Gasteiger partial charge in [-0.1, -0.05) is 46.2 Å². The zero-order valence-electron chi connectivity index (χ0n) is 15.8. The normalized spacial score (nSPS) is 15.3. The van der Waals surface area contributed by atoms with Crippen LogP contribution >= 0.6 is 39.0 Å². The molecule has 0 spiro atoms. The van der Waals surface area contributed by atoms with Crippen LogP contribution in [-0.4, -0.2) is 34.1 Å². The summed E-state index contributed by atoms with van der Waals surface area (Å²) >= 11 is 6.67. The van der Waals surface area contributed by atoms with Gasteiger partial charge in [-0.3, -0.25) is 9.36 Å². The third-order valence-corrected chi connectivity index (χ3v) is 7.52. The first-order valence-corrected chi connectivity index (χ1v) is 12.4. The third-order valence-electron chi connectivity index (χ3n) is 5.09. The second kappa shape index (κ2) is 9.57. The second-order valence-electron chi connectivity index (χ2n) is 7.16. The van der Waals surface area contributed by atoms with E-state index in [1.54, 1.807) is 11.8 Å². The minimum atomic E-state index is 0.107. The highest BCUT2D eigenvalue weighted by atomic mass is 79.9. The number of hydrogen-bond acceptors (Lipinski definition) is 5. The van der Waals surface area contributed by atoms with Gasteiger partial charge in [-0.2, -0.15) is 0 Å². The smallest absolute Gasteiger partial charge is 0.272 e. The standard InChI is InChI=1S/C21H24BrN3OS2/c22-17-7-4-6-16(14-17)15-28-21-23-18-8-13-27-19(18)20(26)25(21)12-5-11-24-9-2-1-3-10-24/h4,6-8,13-14H,1-3,5,9-12,15H2. The predicted octanol–water partition coefficient (Wildman–Crippen LogP) is 5.39. The lowest BCUT2D eigenvalue weighted by Crippen LogP contribution is -2.32. The molecule has 0 N–H and O–H groups in total. The Morgan fingerprint density at radius 2 is 2.00 bits per heavy atom. The molecule has 1 fully saturated rings. The molecule has 0 atom stereocenters. The van der Waals surface area contributed by atoms with Crippen LogP contribution in [0.4, 0.5) is 0 Å².